The van der Waals surface area contributed by atoms with Crippen molar-refractivity contribution in [3.8, 4) is 0 Å². The quantitative estimate of drug-likeness (QED) is 0.725. The summed E-state index contributed by atoms with van der Waals surface area (Å²) in [5.41, 5.74) is 8.01. The van der Waals surface area contributed by atoms with Crippen molar-refractivity contribution in [2.24, 2.45) is 5.73 Å². The fraction of sp³-hybridized carbons (Fsp3) is 0.333. The number of rotatable bonds is 2. The van der Waals surface area contributed by atoms with Crippen LogP contribution in [0.5, 0.6) is 0 Å². The van der Waals surface area contributed by atoms with Crippen molar-refractivity contribution in [3.63, 3.8) is 0 Å². The van der Waals surface area contributed by atoms with E-state index in [0.717, 1.165) is 24.2 Å². The summed E-state index contributed by atoms with van der Waals surface area (Å²) in [5, 5.41) is 0. The second-order valence-electron chi connectivity index (χ2n) is 2.96. The summed E-state index contributed by atoms with van der Waals surface area (Å²) in [6.45, 7) is 0.733. The summed E-state index contributed by atoms with van der Waals surface area (Å²) >= 11 is 0. The average molecular weight is 177 g/mol. The predicted molar refractivity (Wildman–Crippen MR) is 47.6 cm³/mol. The number of hydrogen-bond donors (Lipinski definition) is 1. The highest BCUT2D eigenvalue weighted by molar-refractivity contribution is 5.23. The van der Waals surface area contributed by atoms with Crippen molar-refractivity contribution >= 4 is 0 Å². The Kier molecular flexibility index (Phi) is 2.23. The van der Waals surface area contributed by atoms with Crippen LogP contribution in [0, 0.1) is 0 Å². The summed E-state index contributed by atoms with van der Waals surface area (Å²) < 4.78 is 5.12. The molecular weight excluding hydrogens is 166 g/mol. The Morgan fingerprint density at radius 1 is 1.38 bits per heavy atom. The van der Waals surface area contributed by atoms with Crippen LogP contribution in [0.2, 0.25) is 0 Å². The lowest BCUT2D eigenvalue weighted by Gasteiger charge is -2.09. The Balaban J connectivity index is 2.17. The van der Waals surface area contributed by atoms with Crippen LogP contribution in [0.1, 0.15) is 18.0 Å². The highest BCUT2D eigenvalue weighted by atomic mass is 16.5. The highest BCUT2D eigenvalue weighted by Gasteiger charge is 2.15. The zero-order chi connectivity index (χ0) is 9.10. The van der Waals surface area contributed by atoms with E-state index in [1.54, 1.807) is 18.7 Å². The predicted octanol–water partition coefficient (Wildman–Crippen LogP) is 0.781. The van der Waals surface area contributed by atoms with Gasteiger partial charge in [-0.15, -0.1) is 0 Å². The molecule has 4 nitrogen and oxygen atoms in total. The molecule has 1 aromatic rings. The second-order valence-corrected chi connectivity index (χ2v) is 2.96. The first-order valence-electron chi connectivity index (χ1n) is 4.19. The second kappa shape index (κ2) is 3.53. The molecule has 0 saturated carbocycles. The Hall–Kier alpha value is -1.42. The fourth-order valence-corrected chi connectivity index (χ4v) is 1.32. The smallest absolute Gasteiger partial charge is 0.115 e. The normalized spacial score (nSPS) is 17.8. The van der Waals surface area contributed by atoms with Gasteiger partial charge in [0, 0.05) is 24.4 Å². The van der Waals surface area contributed by atoms with Crippen molar-refractivity contribution in [2.45, 2.75) is 12.5 Å². The Morgan fingerprint density at radius 2 is 2.15 bits per heavy atom. The van der Waals surface area contributed by atoms with E-state index in [4.69, 9.17) is 10.5 Å². The van der Waals surface area contributed by atoms with Crippen LogP contribution in [0.4, 0.5) is 0 Å². The van der Waals surface area contributed by atoms with E-state index in [1.807, 2.05) is 0 Å². The summed E-state index contributed by atoms with van der Waals surface area (Å²) in [6.07, 6.45) is 7.59. The van der Waals surface area contributed by atoms with E-state index in [0.29, 0.717) is 0 Å². The van der Waals surface area contributed by atoms with E-state index >= 15 is 0 Å². The molecule has 2 N–H and O–H groups in total. The topological polar surface area (TPSA) is 61.0 Å². The lowest BCUT2D eigenvalue weighted by atomic mass is 10.0. The minimum Gasteiger partial charge on any atom is -0.501 e. The molecule has 68 valence electrons. The van der Waals surface area contributed by atoms with E-state index in [-0.39, 0.29) is 6.04 Å². The number of hydrogen-bond acceptors (Lipinski definition) is 4. The van der Waals surface area contributed by atoms with Crippen LogP contribution < -0.4 is 5.73 Å². The summed E-state index contributed by atoms with van der Waals surface area (Å²) in [7, 11) is 0. The molecule has 1 aromatic heterocycles. The van der Waals surface area contributed by atoms with Gasteiger partial charge in [0.2, 0.25) is 0 Å². The van der Waals surface area contributed by atoms with Gasteiger partial charge in [0.05, 0.1) is 18.9 Å². The number of aromatic nitrogens is 2. The molecule has 0 fully saturated rings. The Labute approximate surface area is 76.5 Å². The molecule has 4 heteroatoms. The molecule has 1 aliphatic heterocycles. The fourth-order valence-electron chi connectivity index (χ4n) is 1.32. The Bertz CT molecular complexity index is 310. The van der Waals surface area contributed by atoms with Gasteiger partial charge in [-0.2, -0.15) is 0 Å². The molecule has 0 aromatic carbocycles. The van der Waals surface area contributed by atoms with Crippen molar-refractivity contribution in [1.29, 1.82) is 0 Å². The molecule has 1 atom stereocenters. The van der Waals surface area contributed by atoms with Crippen LogP contribution >= 0.6 is 0 Å². The van der Waals surface area contributed by atoms with E-state index in [2.05, 4.69) is 9.97 Å². The lowest BCUT2D eigenvalue weighted by molar-refractivity contribution is 0.281. The van der Waals surface area contributed by atoms with Gasteiger partial charge < -0.3 is 10.5 Å². The van der Waals surface area contributed by atoms with Gasteiger partial charge in [0.25, 0.3) is 0 Å². The van der Waals surface area contributed by atoms with Gasteiger partial charge in [-0.3, -0.25) is 0 Å². The molecular formula is C9H11N3O. The van der Waals surface area contributed by atoms with Gasteiger partial charge in [-0.25, -0.2) is 9.97 Å². The maximum absolute atomic E-state index is 5.97. The van der Waals surface area contributed by atoms with Gasteiger partial charge in [-0.05, 0) is 5.57 Å². The zero-order valence-electron chi connectivity index (χ0n) is 7.18. The van der Waals surface area contributed by atoms with Crippen molar-refractivity contribution in [2.75, 3.05) is 6.61 Å². The maximum Gasteiger partial charge on any atom is 0.115 e. The van der Waals surface area contributed by atoms with Crippen LogP contribution in [-0.2, 0) is 4.74 Å². The standard InChI is InChI=1S/C9H11N3O/c10-9(7-1-2-13-5-7)8-3-11-6-12-4-8/h3-6,9H,1-2,10H2. The Morgan fingerprint density at radius 3 is 2.77 bits per heavy atom. The van der Waals surface area contributed by atoms with Crippen LogP contribution in [0.15, 0.2) is 30.6 Å². The monoisotopic (exact) mass is 177 g/mol. The van der Waals surface area contributed by atoms with Crippen molar-refractivity contribution in [1.82, 2.24) is 9.97 Å². The van der Waals surface area contributed by atoms with Crippen LogP contribution in [0.3, 0.4) is 0 Å². The average Bonchev–Trinajstić information content (AvgIpc) is 2.71. The van der Waals surface area contributed by atoms with Crippen LogP contribution in [0.25, 0.3) is 0 Å². The third kappa shape index (κ3) is 1.67. The zero-order valence-corrected chi connectivity index (χ0v) is 7.18. The van der Waals surface area contributed by atoms with Gasteiger partial charge in [0.15, 0.2) is 0 Å². The third-order valence-electron chi connectivity index (χ3n) is 2.08. The minimum absolute atomic E-state index is 0.122. The largest absolute Gasteiger partial charge is 0.501 e. The molecule has 0 radical (unpaired) electrons. The first-order valence-corrected chi connectivity index (χ1v) is 4.19. The van der Waals surface area contributed by atoms with E-state index in [9.17, 15) is 0 Å². The molecule has 13 heavy (non-hydrogen) atoms. The molecule has 2 rings (SSSR count). The van der Waals surface area contributed by atoms with Gasteiger partial charge in [-0.1, -0.05) is 0 Å². The molecule has 1 aliphatic rings. The summed E-state index contributed by atoms with van der Waals surface area (Å²) in [4.78, 5) is 7.84. The molecule has 0 saturated heterocycles. The molecule has 2 heterocycles. The molecule has 0 aliphatic carbocycles. The summed E-state index contributed by atoms with van der Waals surface area (Å²) in [5.74, 6) is 0. The number of nitrogens with two attached hydrogens (primary N) is 1. The lowest BCUT2D eigenvalue weighted by Crippen LogP contribution is -2.12. The van der Waals surface area contributed by atoms with E-state index in [1.165, 1.54) is 6.33 Å². The molecule has 0 spiro atoms. The highest BCUT2D eigenvalue weighted by Crippen LogP contribution is 2.23. The first-order chi connectivity index (χ1) is 6.38. The van der Waals surface area contributed by atoms with Gasteiger partial charge >= 0.3 is 0 Å². The molecule has 1 unspecified atom stereocenters. The minimum atomic E-state index is -0.122. The third-order valence-corrected chi connectivity index (χ3v) is 2.08. The van der Waals surface area contributed by atoms with Crippen molar-refractivity contribution < 1.29 is 4.74 Å². The van der Waals surface area contributed by atoms with E-state index < -0.39 is 0 Å². The maximum atomic E-state index is 5.97. The SMILES string of the molecule is NC(C1=COCC1)c1cncnc1. The summed E-state index contributed by atoms with van der Waals surface area (Å²) in [6, 6.07) is -0.122. The van der Waals surface area contributed by atoms with Crippen molar-refractivity contribution in [3.05, 3.63) is 36.1 Å². The molecule has 0 amide bonds. The van der Waals surface area contributed by atoms with Gasteiger partial charge in [0.1, 0.15) is 6.33 Å². The number of nitrogens with zero attached hydrogens (tertiary/aromatic N) is 2. The molecule has 0 bridgehead atoms. The first kappa shape index (κ1) is 8.19. The number of ether oxygens (including phenoxy) is 1. The van der Waals surface area contributed by atoms with Crippen LogP contribution in [-0.4, -0.2) is 16.6 Å².